The molecule has 2 saturated heterocycles. The lowest BCUT2D eigenvalue weighted by atomic mass is 9.74. The summed E-state index contributed by atoms with van der Waals surface area (Å²) in [4.78, 5) is 40.9. The fourth-order valence-electron chi connectivity index (χ4n) is 5.65. The molecule has 2 aliphatic carbocycles. The Hall–Kier alpha value is -1.89. The van der Waals surface area contributed by atoms with Gasteiger partial charge < -0.3 is 20.3 Å². The molecule has 0 radical (unpaired) electrons. The smallest absolute Gasteiger partial charge is 0.246 e. The van der Waals surface area contributed by atoms with Gasteiger partial charge in [0.2, 0.25) is 17.7 Å². The maximum Gasteiger partial charge on any atom is 0.246 e. The average molecular weight is 373 g/mol. The predicted molar refractivity (Wildman–Crippen MR) is 96.5 cm³/mol. The summed E-state index contributed by atoms with van der Waals surface area (Å²) in [5.41, 5.74) is -1.000. The molecule has 3 heterocycles. The van der Waals surface area contributed by atoms with Crippen molar-refractivity contribution in [3.63, 3.8) is 0 Å². The molecule has 5 aliphatic rings. The molecule has 3 amide bonds. The number of hydrogen-bond donors (Lipinski definition) is 2. The van der Waals surface area contributed by atoms with E-state index in [1.165, 1.54) is 6.42 Å². The molecular formula is C20H27N3O4. The number of fused-ring (bicyclic) bond motifs is 1. The van der Waals surface area contributed by atoms with Crippen LogP contribution in [0.15, 0.2) is 12.2 Å². The van der Waals surface area contributed by atoms with Crippen molar-refractivity contribution in [3.8, 4) is 0 Å². The van der Waals surface area contributed by atoms with Gasteiger partial charge in [-0.05, 0) is 25.7 Å². The number of carbonyl (C=O) groups excluding carboxylic acids is 3. The van der Waals surface area contributed by atoms with Gasteiger partial charge in [-0.15, -0.1) is 0 Å². The topological polar surface area (TPSA) is 87.7 Å². The first-order valence-corrected chi connectivity index (χ1v) is 10.3. The van der Waals surface area contributed by atoms with E-state index in [0.717, 1.165) is 38.5 Å². The van der Waals surface area contributed by atoms with E-state index in [1.807, 2.05) is 12.2 Å². The molecular weight excluding hydrogens is 346 g/mol. The Morgan fingerprint density at radius 1 is 1.15 bits per heavy atom. The highest BCUT2D eigenvalue weighted by Gasteiger charge is 2.74. The Morgan fingerprint density at radius 3 is 2.56 bits per heavy atom. The highest BCUT2D eigenvalue weighted by Crippen LogP contribution is 2.56. The van der Waals surface area contributed by atoms with Crippen molar-refractivity contribution in [1.82, 2.24) is 15.5 Å². The first-order valence-electron chi connectivity index (χ1n) is 10.3. The van der Waals surface area contributed by atoms with Gasteiger partial charge >= 0.3 is 0 Å². The van der Waals surface area contributed by atoms with Crippen LogP contribution in [0.3, 0.4) is 0 Å². The number of hydrogen-bond acceptors (Lipinski definition) is 4. The van der Waals surface area contributed by atoms with Crippen LogP contribution in [0, 0.1) is 11.8 Å². The lowest BCUT2D eigenvalue weighted by Crippen LogP contribution is -2.57. The third kappa shape index (κ3) is 2.40. The molecule has 5 rings (SSSR count). The predicted octanol–water partition coefficient (Wildman–Crippen LogP) is 0.494. The van der Waals surface area contributed by atoms with Gasteiger partial charge in [0, 0.05) is 19.1 Å². The number of rotatable bonds is 4. The molecule has 0 aromatic rings. The molecule has 7 heteroatoms. The highest BCUT2D eigenvalue weighted by molar-refractivity contribution is 6.00. The molecule has 0 aromatic carbocycles. The van der Waals surface area contributed by atoms with E-state index in [0.29, 0.717) is 0 Å². The van der Waals surface area contributed by atoms with Crippen LogP contribution in [-0.4, -0.2) is 59.5 Å². The zero-order valence-corrected chi connectivity index (χ0v) is 15.6. The van der Waals surface area contributed by atoms with Crippen LogP contribution in [0.2, 0.25) is 0 Å². The summed E-state index contributed by atoms with van der Waals surface area (Å²) < 4.78 is 6.23. The molecule has 7 nitrogen and oxygen atoms in total. The maximum atomic E-state index is 13.4. The number of carbonyl (C=O) groups is 3. The zero-order valence-electron chi connectivity index (χ0n) is 15.6. The van der Waals surface area contributed by atoms with Crippen LogP contribution in [0.5, 0.6) is 0 Å². The van der Waals surface area contributed by atoms with Gasteiger partial charge in [0.25, 0.3) is 0 Å². The van der Waals surface area contributed by atoms with Gasteiger partial charge in [-0.3, -0.25) is 14.4 Å². The zero-order chi connectivity index (χ0) is 18.8. The SMILES string of the molecule is CNC(=O)[C@@H]1[C@H]2C=C[C@@]3(O2)[C@H]1C(=O)N(C1CC1)[C@@H]3C(=O)NC1CCCCC1. The fraction of sp³-hybridized carbons (Fsp3) is 0.750. The molecule has 2 N–H and O–H groups in total. The van der Waals surface area contributed by atoms with Crippen LogP contribution in [-0.2, 0) is 19.1 Å². The first-order chi connectivity index (χ1) is 13.1. The first kappa shape index (κ1) is 17.2. The van der Waals surface area contributed by atoms with E-state index in [2.05, 4.69) is 10.6 Å². The number of amides is 3. The third-order valence-electron chi connectivity index (χ3n) is 7.00. The third-order valence-corrected chi connectivity index (χ3v) is 7.00. The monoisotopic (exact) mass is 373 g/mol. The molecule has 5 atom stereocenters. The van der Waals surface area contributed by atoms with Gasteiger partial charge in [-0.25, -0.2) is 0 Å². The van der Waals surface area contributed by atoms with E-state index in [1.54, 1.807) is 11.9 Å². The number of likely N-dealkylation sites (tertiary alicyclic amines) is 1. The Morgan fingerprint density at radius 2 is 1.89 bits per heavy atom. The van der Waals surface area contributed by atoms with Crippen LogP contribution in [0.1, 0.15) is 44.9 Å². The van der Waals surface area contributed by atoms with Crippen LogP contribution in [0.25, 0.3) is 0 Å². The van der Waals surface area contributed by atoms with Crippen LogP contribution >= 0.6 is 0 Å². The van der Waals surface area contributed by atoms with Crippen molar-refractivity contribution in [2.45, 2.75) is 74.8 Å². The standard InChI is InChI=1S/C20H27N3O4/c1-21-17(24)14-13-9-10-20(27-13)15(14)19(26)23(12-7-8-12)16(20)18(25)22-11-5-3-2-4-6-11/h9-16H,2-8H2,1H3,(H,21,24)(H,22,25)/t13-,14-,15-,16-,20-/m1/s1. The van der Waals surface area contributed by atoms with E-state index < -0.39 is 29.6 Å². The Bertz CT molecular complexity index is 712. The quantitative estimate of drug-likeness (QED) is 0.703. The molecule has 0 unspecified atom stereocenters. The van der Waals surface area contributed by atoms with Gasteiger partial charge in [0.1, 0.15) is 11.6 Å². The van der Waals surface area contributed by atoms with Crippen molar-refractivity contribution >= 4 is 17.7 Å². The van der Waals surface area contributed by atoms with Crippen molar-refractivity contribution in [1.29, 1.82) is 0 Å². The maximum absolute atomic E-state index is 13.4. The summed E-state index contributed by atoms with van der Waals surface area (Å²) in [6.45, 7) is 0. The van der Waals surface area contributed by atoms with Crippen molar-refractivity contribution < 1.29 is 19.1 Å². The van der Waals surface area contributed by atoms with Crippen LogP contribution in [0.4, 0.5) is 0 Å². The molecule has 2 saturated carbocycles. The Labute approximate surface area is 158 Å². The lowest BCUT2D eigenvalue weighted by molar-refractivity contribution is -0.142. The second-order valence-corrected chi connectivity index (χ2v) is 8.64. The summed E-state index contributed by atoms with van der Waals surface area (Å²) in [7, 11) is 1.58. The van der Waals surface area contributed by atoms with E-state index >= 15 is 0 Å². The lowest BCUT2D eigenvalue weighted by Gasteiger charge is -2.34. The number of ether oxygens (including phenoxy) is 1. The fourth-order valence-corrected chi connectivity index (χ4v) is 5.65. The largest absolute Gasteiger partial charge is 0.359 e. The minimum Gasteiger partial charge on any atom is -0.359 e. The second kappa shape index (κ2) is 6.06. The number of nitrogens with zero attached hydrogens (tertiary/aromatic N) is 1. The summed E-state index contributed by atoms with van der Waals surface area (Å²) >= 11 is 0. The summed E-state index contributed by atoms with van der Waals surface area (Å²) in [6.07, 6.45) is 10.6. The Kier molecular flexibility index (Phi) is 3.86. The summed E-state index contributed by atoms with van der Waals surface area (Å²) in [5.74, 6) is -1.56. The van der Waals surface area contributed by atoms with Crippen molar-refractivity contribution in [2.75, 3.05) is 7.05 Å². The van der Waals surface area contributed by atoms with Gasteiger partial charge in [0.15, 0.2) is 0 Å². The molecule has 1 spiro atoms. The van der Waals surface area contributed by atoms with E-state index in [4.69, 9.17) is 4.74 Å². The number of nitrogens with one attached hydrogen (secondary N) is 2. The van der Waals surface area contributed by atoms with E-state index in [-0.39, 0.29) is 29.8 Å². The van der Waals surface area contributed by atoms with Gasteiger partial charge in [-0.2, -0.15) is 0 Å². The molecule has 0 aromatic heterocycles. The second-order valence-electron chi connectivity index (χ2n) is 8.64. The molecule has 2 bridgehead atoms. The minimum atomic E-state index is -1.000. The summed E-state index contributed by atoms with van der Waals surface area (Å²) in [5, 5.41) is 5.86. The average Bonchev–Trinajstić information content (AvgIpc) is 3.27. The molecule has 3 aliphatic heterocycles. The molecule has 146 valence electrons. The normalized spacial score (nSPS) is 40.3. The van der Waals surface area contributed by atoms with Crippen molar-refractivity contribution in [2.24, 2.45) is 11.8 Å². The van der Waals surface area contributed by atoms with E-state index in [9.17, 15) is 14.4 Å². The minimum absolute atomic E-state index is 0.0956. The highest BCUT2D eigenvalue weighted by atomic mass is 16.5. The van der Waals surface area contributed by atoms with Gasteiger partial charge in [-0.1, -0.05) is 31.4 Å². The van der Waals surface area contributed by atoms with Crippen LogP contribution < -0.4 is 10.6 Å². The molecule has 4 fully saturated rings. The van der Waals surface area contributed by atoms with Crippen molar-refractivity contribution in [3.05, 3.63) is 12.2 Å². The summed E-state index contributed by atoms with van der Waals surface area (Å²) in [6, 6.07) is -0.392. The Balaban J connectivity index is 1.48. The van der Waals surface area contributed by atoms with Gasteiger partial charge in [0.05, 0.1) is 17.9 Å². The molecule has 27 heavy (non-hydrogen) atoms.